The van der Waals surface area contributed by atoms with Gasteiger partial charge in [-0.25, -0.2) is 0 Å². The van der Waals surface area contributed by atoms with Crippen LogP contribution in [0.25, 0.3) is 0 Å². The van der Waals surface area contributed by atoms with E-state index in [1.165, 1.54) is 0 Å². The van der Waals surface area contributed by atoms with Crippen LogP contribution >= 0.6 is 0 Å². The number of benzene rings is 1. The lowest BCUT2D eigenvalue weighted by atomic mass is 9.92. The lowest BCUT2D eigenvalue weighted by Gasteiger charge is -2.30. The summed E-state index contributed by atoms with van der Waals surface area (Å²) in [6, 6.07) is 8.34. The second-order valence-electron chi connectivity index (χ2n) is 5.64. The van der Waals surface area contributed by atoms with Gasteiger partial charge in [0.15, 0.2) is 6.10 Å². The number of rotatable bonds is 6. The molecule has 6 nitrogen and oxygen atoms in total. The molecule has 2 atom stereocenters. The average molecular weight is 318 g/mol. The molecule has 124 valence electrons. The van der Waals surface area contributed by atoms with Gasteiger partial charge in [-0.3, -0.25) is 4.79 Å². The molecule has 1 aromatic carbocycles. The zero-order chi connectivity index (χ0) is 16.7. The SMILES string of the molecule is C[C@@H](Oc1ccc(C#N)cc1)C(=O)N[C@H](CO)C1CCOCC1. The molecule has 6 heteroatoms. The highest BCUT2D eigenvalue weighted by molar-refractivity contribution is 5.81. The van der Waals surface area contributed by atoms with Gasteiger partial charge in [-0.15, -0.1) is 0 Å². The van der Waals surface area contributed by atoms with Gasteiger partial charge < -0.3 is 19.9 Å². The minimum absolute atomic E-state index is 0.0972. The fourth-order valence-corrected chi connectivity index (χ4v) is 2.60. The Kier molecular flexibility index (Phi) is 6.39. The van der Waals surface area contributed by atoms with E-state index in [0.717, 1.165) is 12.8 Å². The largest absolute Gasteiger partial charge is 0.481 e. The van der Waals surface area contributed by atoms with Crippen molar-refractivity contribution in [2.75, 3.05) is 19.8 Å². The van der Waals surface area contributed by atoms with Gasteiger partial charge in [-0.2, -0.15) is 5.26 Å². The molecule has 1 aromatic rings. The molecule has 2 rings (SSSR count). The van der Waals surface area contributed by atoms with E-state index in [-0.39, 0.29) is 24.5 Å². The van der Waals surface area contributed by atoms with Crippen LogP contribution in [-0.2, 0) is 9.53 Å². The summed E-state index contributed by atoms with van der Waals surface area (Å²) in [6.45, 7) is 2.88. The van der Waals surface area contributed by atoms with Gasteiger partial charge in [-0.1, -0.05) is 0 Å². The Labute approximate surface area is 136 Å². The van der Waals surface area contributed by atoms with E-state index < -0.39 is 6.10 Å². The number of hydrogen-bond donors (Lipinski definition) is 2. The highest BCUT2D eigenvalue weighted by Gasteiger charge is 2.27. The van der Waals surface area contributed by atoms with Gasteiger partial charge in [0.2, 0.25) is 0 Å². The van der Waals surface area contributed by atoms with E-state index in [9.17, 15) is 9.90 Å². The first kappa shape index (κ1) is 17.3. The van der Waals surface area contributed by atoms with Crippen LogP contribution in [0.15, 0.2) is 24.3 Å². The predicted molar refractivity (Wildman–Crippen MR) is 83.8 cm³/mol. The van der Waals surface area contributed by atoms with Gasteiger partial charge in [0.05, 0.1) is 24.3 Å². The smallest absolute Gasteiger partial charge is 0.261 e. The van der Waals surface area contributed by atoms with Gasteiger partial charge in [0.1, 0.15) is 5.75 Å². The number of nitrogens with zero attached hydrogens (tertiary/aromatic N) is 1. The standard InChI is InChI=1S/C17H22N2O4/c1-12(23-15-4-2-13(10-18)3-5-15)17(21)19-16(11-20)14-6-8-22-9-7-14/h2-5,12,14,16,20H,6-9,11H2,1H3,(H,19,21)/t12-,16-/m1/s1. The van der Waals surface area contributed by atoms with Crippen LogP contribution in [0, 0.1) is 17.2 Å². The third kappa shape index (κ3) is 4.95. The van der Waals surface area contributed by atoms with Crippen LogP contribution < -0.4 is 10.1 Å². The summed E-state index contributed by atoms with van der Waals surface area (Å²) < 4.78 is 10.9. The van der Waals surface area contributed by atoms with Crippen molar-refractivity contribution in [1.82, 2.24) is 5.32 Å². The molecular formula is C17H22N2O4. The van der Waals surface area contributed by atoms with Gasteiger partial charge in [0.25, 0.3) is 5.91 Å². The van der Waals surface area contributed by atoms with Crippen LogP contribution in [0.5, 0.6) is 5.75 Å². The van der Waals surface area contributed by atoms with Crippen LogP contribution in [0.4, 0.5) is 0 Å². The number of nitrogens with one attached hydrogen (secondary N) is 1. The van der Waals surface area contributed by atoms with Crippen molar-refractivity contribution < 1.29 is 19.4 Å². The maximum absolute atomic E-state index is 12.3. The van der Waals surface area contributed by atoms with E-state index in [4.69, 9.17) is 14.7 Å². The highest BCUT2D eigenvalue weighted by atomic mass is 16.5. The molecule has 1 saturated heterocycles. The number of aliphatic hydroxyl groups excluding tert-OH is 1. The molecule has 1 fully saturated rings. The minimum atomic E-state index is -0.683. The van der Waals surface area contributed by atoms with Crippen LogP contribution in [0.3, 0.4) is 0 Å². The summed E-state index contributed by atoms with van der Waals surface area (Å²) >= 11 is 0. The molecule has 1 amide bonds. The Morgan fingerprint density at radius 2 is 2.09 bits per heavy atom. The molecular weight excluding hydrogens is 296 g/mol. The maximum atomic E-state index is 12.3. The zero-order valence-corrected chi connectivity index (χ0v) is 13.2. The Bertz CT molecular complexity index is 547. The number of nitriles is 1. The summed E-state index contributed by atoms with van der Waals surface area (Å²) in [5.74, 6) is 0.484. The molecule has 0 spiro atoms. The molecule has 1 aliphatic rings. The monoisotopic (exact) mass is 318 g/mol. The predicted octanol–water partition coefficient (Wildman–Crippen LogP) is 1.23. The lowest BCUT2D eigenvalue weighted by molar-refractivity contribution is -0.129. The molecule has 0 radical (unpaired) electrons. The van der Waals surface area contributed by atoms with Crippen molar-refractivity contribution in [2.45, 2.75) is 31.9 Å². The first-order valence-corrected chi connectivity index (χ1v) is 7.80. The van der Waals surface area contributed by atoms with Crippen LogP contribution in [0.1, 0.15) is 25.3 Å². The van der Waals surface area contributed by atoms with E-state index >= 15 is 0 Å². The number of hydrogen-bond acceptors (Lipinski definition) is 5. The normalized spacial score (nSPS) is 17.8. The average Bonchev–Trinajstić information content (AvgIpc) is 2.60. The number of amides is 1. The molecule has 0 aromatic heterocycles. The second kappa shape index (κ2) is 8.51. The molecule has 0 aliphatic carbocycles. The summed E-state index contributed by atoms with van der Waals surface area (Å²) in [4.78, 5) is 12.3. The van der Waals surface area contributed by atoms with E-state index in [2.05, 4.69) is 5.32 Å². The first-order chi connectivity index (χ1) is 11.1. The fraction of sp³-hybridized carbons (Fsp3) is 0.529. The van der Waals surface area contributed by atoms with Crippen molar-refractivity contribution in [3.8, 4) is 11.8 Å². The van der Waals surface area contributed by atoms with Crippen molar-refractivity contribution in [1.29, 1.82) is 5.26 Å². The third-order valence-corrected chi connectivity index (χ3v) is 4.02. The summed E-state index contributed by atoms with van der Waals surface area (Å²) in [6.07, 6.45) is 0.976. The molecule has 1 heterocycles. The topological polar surface area (TPSA) is 91.6 Å². The Hall–Kier alpha value is -2.10. The summed E-state index contributed by atoms with van der Waals surface area (Å²) in [5, 5.41) is 21.1. The van der Waals surface area contributed by atoms with Crippen molar-refractivity contribution in [2.24, 2.45) is 5.92 Å². The number of ether oxygens (including phenoxy) is 2. The molecule has 1 aliphatic heterocycles. The Balaban J connectivity index is 1.88. The maximum Gasteiger partial charge on any atom is 0.261 e. The third-order valence-electron chi connectivity index (χ3n) is 4.02. The van der Waals surface area contributed by atoms with E-state index in [1.54, 1.807) is 31.2 Å². The quantitative estimate of drug-likeness (QED) is 0.823. The highest BCUT2D eigenvalue weighted by Crippen LogP contribution is 2.19. The molecule has 0 bridgehead atoms. The first-order valence-electron chi connectivity index (χ1n) is 7.80. The molecule has 0 unspecified atom stereocenters. The van der Waals surface area contributed by atoms with Gasteiger partial charge in [0, 0.05) is 13.2 Å². The summed E-state index contributed by atoms with van der Waals surface area (Å²) in [7, 11) is 0. The van der Waals surface area contributed by atoms with Crippen molar-refractivity contribution in [3.63, 3.8) is 0 Å². The van der Waals surface area contributed by atoms with E-state index in [0.29, 0.717) is 24.5 Å². The molecule has 2 N–H and O–H groups in total. The lowest BCUT2D eigenvalue weighted by Crippen LogP contribution is -2.48. The number of aliphatic hydroxyl groups is 1. The van der Waals surface area contributed by atoms with Crippen molar-refractivity contribution >= 4 is 5.91 Å². The second-order valence-corrected chi connectivity index (χ2v) is 5.64. The summed E-state index contributed by atoms with van der Waals surface area (Å²) in [5.41, 5.74) is 0.536. The Morgan fingerprint density at radius 3 is 2.65 bits per heavy atom. The fourth-order valence-electron chi connectivity index (χ4n) is 2.60. The van der Waals surface area contributed by atoms with Crippen LogP contribution in [-0.4, -0.2) is 43.0 Å². The zero-order valence-electron chi connectivity index (χ0n) is 13.2. The minimum Gasteiger partial charge on any atom is -0.481 e. The molecule has 23 heavy (non-hydrogen) atoms. The van der Waals surface area contributed by atoms with Crippen LogP contribution in [0.2, 0.25) is 0 Å². The van der Waals surface area contributed by atoms with Gasteiger partial charge in [-0.05, 0) is 49.9 Å². The van der Waals surface area contributed by atoms with Gasteiger partial charge >= 0.3 is 0 Å². The van der Waals surface area contributed by atoms with Crippen molar-refractivity contribution in [3.05, 3.63) is 29.8 Å². The number of carbonyl (C=O) groups is 1. The molecule has 0 saturated carbocycles. The number of carbonyl (C=O) groups excluding carboxylic acids is 1. The van der Waals surface area contributed by atoms with E-state index in [1.807, 2.05) is 6.07 Å². The Morgan fingerprint density at radius 1 is 1.43 bits per heavy atom.